The van der Waals surface area contributed by atoms with E-state index in [2.05, 4.69) is 10.1 Å². The molecule has 0 fully saturated rings. The zero-order valence-electron chi connectivity index (χ0n) is 10.5. The molecule has 0 saturated carbocycles. The number of carbonyl (C=O) groups excluding carboxylic acids is 1. The van der Waals surface area contributed by atoms with Crippen molar-refractivity contribution in [2.75, 3.05) is 12.4 Å². The molecule has 0 atom stereocenters. The molecule has 1 N–H and O–H groups in total. The van der Waals surface area contributed by atoms with Crippen LogP contribution in [-0.4, -0.2) is 13.1 Å². The average molecular weight is 276 g/mol. The van der Waals surface area contributed by atoms with Crippen LogP contribution in [0.5, 0.6) is 0 Å². The molecule has 0 amide bonds. The van der Waals surface area contributed by atoms with Gasteiger partial charge >= 0.3 is 5.97 Å². The van der Waals surface area contributed by atoms with Crippen LogP contribution in [0.25, 0.3) is 0 Å². The van der Waals surface area contributed by atoms with Gasteiger partial charge in [-0.1, -0.05) is 23.7 Å². The van der Waals surface area contributed by atoms with Crippen LogP contribution < -0.4 is 5.32 Å². The van der Waals surface area contributed by atoms with Crippen molar-refractivity contribution in [2.45, 2.75) is 6.54 Å². The SMILES string of the molecule is COC(=O)c1ccc(NCc2cccc(Cl)c2)cc1. The van der Waals surface area contributed by atoms with E-state index in [1.165, 1.54) is 7.11 Å². The Labute approximate surface area is 117 Å². The second kappa shape index (κ2) is 6.25. The summed E-state index contributed by atoms with van der Waals surface area (Å²) in [4.78, 5) is 11.3. The van der Waals surface area contributed by atoms with Gasteiger partial charge in [0.25, 0.3) is 0 Å². The molecule has 0 aliphatic heterocycles. The van der Waals surface area contributed by atoms with Crippen LogP contribution >= 0.6 is 11.6 Å². The molecule has 0 heterocycles. The van der Waals surface area contributed by atoms with Gasteiger partial charge < -0.3 is 10.1 Å². The van der Waals surface area contributed by atoms with Gasteiger partial charge in [0.05, 0.1) is 12.7 Å². The molecule has 2 rings (SSSR count). The van der Waals surface area contributed by atoms with Gasteiger partial charge in [0.2, 0.25) is 0 Å². The Kier molecular flexibility index (Phi) is 4.42. The molecule has 0 saturated heterocycles. The normalized spacial score (nSPS) is 10.0. The molecule has 0 spiro atoms. The molecule has 0 unspecified atom stereocenters. The van der Waals surface area contributed by atoms with Crippen LogP contribution in [0.1, 0.15) is 15.9 Å². The van der Waals surface area contributed by atoms with E-state index in [0.717, 1.165) is 16.3 Å². The first-order valence-electron chi connectivity index (χ1n) is 5.86. The minimum atomic E-state index is -0.332. The number of carbonyl (C=O) groups is 1. The van der Waals surface area contributed by atoms with Crippen molar-refractivity contribution < 1.29 is 9.53 Å². The van der Waals surface area contributed by atoms with Crippen LogP contribution in [0, 0.1) is 0 Å². The maximum absolute atomic E-state index is 11.3. The average Bonchev–Trinajstić information content (AvgIpc) is 2.45. The summed E-state index contributed by atoms with van der Waals surface area (Å²) >= 11 is 5.92. The quantitative estimate of drug-likeness (QED) is 0.864. The summed E-state index contributed by atoms with van der Waals surface area (Å²) < 4.78 is 4.64. The van der Waals surface area contributed by atoms with Gasteiger partial charge in [-0.25, -0.2) is 4.79 Å². The standard InChI is InChI=1S/C15H14ClNO2/c1-19-15(18)12-5-7-14(8-6-12)17-10-11-3-2-4-13(16)9-11/h2-9,17H,10H2,1H3. The lowest BCUT2D eigenvalue weighted by Gasteiger charge is -2.07. The Hall–Kier alpha value is -2.00. The molecule has 0 aliphatic rings. The summed E-state index contributed by atoms with van der Waals surface area (Å²) in [5.41, 5.74) is 2.58. The van der Waals surface area contributed by atoms with Crippen molar-refractivity contribution in [2.24, 2.45) is 0 Å². The highest BCUT2D eigenvalue weighted by Crippen LogP contribution is 2.14. The van der Waals surface area contributed by atoms with E-state index in [1.807, 2.05) is 36.4 Å². The number of methoxy groups -OCH3 is 1. The smallest absolute Gasteiger partial charge is 0.337 e. The fourth-order valence-corrected chi connectivity index (χ4v) is 1.91. The number of halogens is 1. The summed E-state index contributed by atoms with van der Waals surface area (Å²) in [6.45, 7) is 0.679. The van der Waals surface area contributed by atoms with Crippen LogP contribution in [0.2, 0.25) is 5.02 Å². The zero-order chi connectivity index (χ0) is 13.7. The predicted molar refractivity (Wildman–Crippen MR) is 76.6 cm³/mol. The predicted octanol–water partition coefficient (Wildman–Crippen LogP) is 3.74. The number of anilines is 1. The highest BCUT2D eigenvalue weighted by Gasteiger charge is 2.04. The minimum Gasteiger partial charge on any atom is -0.465 e. The number of nitrogens with one attached hydrogen (secondary N) is 1. The van der Waals surface area contributed by atoms with E-state index in [9.17, 15) is 4.79 Å². The van der Waals surface area contributed by atoms with Gasteiger partial charge in [-0.3, -0.25) is 0 Å². The minimum absolute atomic E-state index is 0.332. The van der Waals surface area contributed by atoms with Crippen molar-refractivity contribution in [1.82, 2.24) is 0 Å². The molecule has 2 aromatic carbocycles. The molecular weight excluding hydrogens is 262 g/mol. The molecule has 3 nitrogen and oxygen atoms in total. The number of hydrogen-bond donors (Lipinski definition) is 1. The first-order valence-corrected chi connectivity index (χ1v) is 6.23. The maximum atomic E-state index is 11.3. The molecule has 0 bridgehead atoms. The molecular formula is C15H14ClNO2. The summed E-state index contributed by atoms with van der Waals surface area (Å²) in [6.07, 6.45) is 0. The molecule has 0 radical (unpaired) electrons. The fraction of sp³-hybridized carbons (Fsp3) is 0.133. The number of hydrogen-bond acceptors (Lipinski definition) is 3. The zero-order valence-corrected chi connectivity index (χ0v) is 11.3. The molecule has 2 aromatic rings. The van der Waals surface area contributed by atoms with Gasteiger partial charge in [-0.15, -0.1) is 0 Å². The third-order valence-electron chi connectivity index (χ3n) is 2.69. The summed E-state index contributed by atoms with van der Waals surface area (Å²) in [6, 6.07) is 14.8. The lowest BCUT2D eigenvalue weighted by molar-refractivity contribution is 0.0601. The van der Waals surface area contributed by atoms with Crippen molar-refractivity contribution in [1.29, 1.82) is 0 Å². The van der Waals surface area contributed by atoms with E-state index in [4.69, 9.17) is 11.6 Å². The van der Waals surface area contributed by atoms with E-state index >= 15 is 0 Å². The highest BCUT2D eigenvalue weighted by atomic mass is 35.5. The summed E-state index contributed by atoms with van der Waals surface area (Å²) in [5, 5.41) is 3.98. The number of ether oxygens (including phenoxy) is 1. The number of benzene rings is 2. The first kappa shape index (κ1) is 13.4. The van der Waals surface area contributed by atoms with E-state index in [1.54, 1.807) is 12.1 Å². The molecule has 4 heteroatoms. The lowest BCUT2D eigenvalue weighted by atomic mass is 10.2. The van der Waals surface area contributed by atoms with E-state index in [0.29, 0.717) is 12.1 Å². The third kappa shape index (κ3) is 3.73. The number of esters is 1. The molecule has 0 aromatic heterocycles. The summed E-state index contributed by atoms with van der Waals surface area (Å²) in [7, 11) is 1.37. The van der Waals surface area contributed by atoms with Crippen molar-refractivity contribution >= 4 is 23.3 Å². The number of rotatable bonds is 4. The topological polar surface area (TPSA) is 38.3 Å². The van der Waals surface area contributed by atoms with Crippen molar-refractivity contribution in [3.63, 3.8) is 0 Å². The third-order valence-corrected chi connectivity index (χ3v) is 2.93. The van der Waals surface area contributed by atoms with Crippen molar-refractivity contribution in [3.8, 4) is 0 Å². The fourth-order valence-electron chi connectivity index (χ4n) is 1.69. The second-order valence-electron chi connectivity index (χ2n) is 4.05. The van der Waals surface area contributed by atoms with Gasteiger partial charge in [0.1, 0.15) is 0 Å². The van der Waals surface area contributed by atoms with Crippen LogP contribution in [0.15, 0.2) is 48.5 Å². The van der Waals surface area contributed by atoms with E-state index in [-0.39, 0.29) is 5.97 Å². The van der Waals surface area contributed by atoms with Crippen molar-refractivity contribution in [3.05, 3.63) is 64.7 Å². The Morgan fingerprint density at radius 3 is 2.58 bits per heavy atom. The van der Waals surface area contributed by atoms with Crippen LogP contribution in [0.3, 0.4) is 0 Å². The molecule has 98 valence electrons. The largest absolute Gasteiger partial charge is 0.465 e. The second-order valence-corrected chi connectivity index (χ2v) is 4.49. The van der Waals surface area contributed by atoms with Crippen LogP contribution in [-0.2, 0) is 11.3 Å². The molecule has 19 heavy (non-hydrogen) atoms. The van der Waals surface area contributed by atoms with Gasteiger partial charge in [0, 0.05) is 17.3 Å². The molecule has 0 aliphatic carbocycles. The monoisotopic (exact) mass is 275 g/mol. The Balaban J connectivity index is 1.98. The first-order chi connectivity index (χ1) is 9.19. The Morgan fingerprint density at radius 2 is 1.95 bits per heavy atom. The Morgan fingerprint density at radius 1 is 1.21 bits per heavy atom. The maximum Gasteiger partial charge on any atom is 0.337 e. The van der Waals surface area contributed by atoms with Gasteiger partial charge in [-0.05, 0) is 42.0 Å². The lowest BCUT2D eigenvalue weighted by Crippen LogP contribution is -2.02. The summed E-state index contributed by atoms with van der Waals surface area (Å²) in [5.74, 6) is -0.332. The van der Waals surface area contributed by atoms with Gasteiger partial charge in [-0.2, -0.15) is 0 Å². The van der Waals surface area contributed by atoms with E-state index < -0.39 is 0 Å². The van der Waals surface area contributed by atoms with Crippen LogP contribution in [0.4, 0.5) is 5.69 Å². The highest BCUT2D eigenvalue weighted by molar-refractivity contribution is 6.30. The Bertz CT molecular complexity index is 567. The van der Waals surface area contributed by atoms with Gasteiger partial charge in [0.15, 0.2) is 0 Å².